The number of amides is 1. The first-order chi connectivity index (χ1) is 6.63. The minimum atomic E-state index is 0.371. The fraction of sp³-hybridized carbons (Fsp3) is 0.917. The summed E-state index contributed by atoms with van der Waals surface area (Å²) >= 11 is 0. The second kappa shape index (κ2) is 5.38. The van der Waals surface area contributed by atoms with E-state index >= 15 is 0 Å². The van der Waals surface area contributed by atoms with Gasteiger partial charge in [0.25, 0.3) is 0 Å². The molecule has 0 aliphatic carbocycles. The molecule has 2 nitrogen and oxygen atoms in total. The second-order valence-electron chi connectivity index (χ2n) is 4.83. The van der Waals surface area contributed by atoms with Crippen molar-refractivity contribution in [2.75, 3.05) is 13.1 Å². The summed E-state index contributed by atoms with van der Waals surface area (Å²) in [6.07, 6.45) is 4.30. The van der Waals surface area contributed by atoms with Gasteiger partial charge in [0, 0.05) is 19.5 Å². The highest BCUT2D eigenvalue weighted by atomic mass is 16.2. The van der Waals surface area contributed by atoms with E-state index in [1.165, 1.54) is 19.3 Å². The van der Waals surface area contributed by atoms with Crippen LogP contribution >= 0.6 is 0 Å². The first kappa shape index (κ1) is 11.5. The summed E-state index contributed by atoms with van der Waals surface area (Å²) in [4.78, 5) is 13.8. The van der Waals surface area contributed by atoms with Gasteiger partial charge >= 0.3 is 0 Å². The number of rotatable bonds is 4. The lowest BCUT2D eigenvalue weighted by atomic mass is 10.0. The molecule has 0 aromatic heterocycles. The molecule has 1 heterocycles. The molecule has 1 aliphatic rings. The smallest absolute Gasteiger partial charge is 0.222 e. The van der Waals surface area contributed by atoms with Crippen LogP contribution in [0, 0.1) is 11.8 Å². The van der Waals surface area contributed by atoms with Gasteiger partial charge in [0.2, 0.25) is 5.91 Å². The minimum Gasteiger partial charge on any atom is -0.342 e. The fourth-order valence-corrected chi connectivity index (χ4v) is 2.18. The number of hydrogen-bond donors (Lipinski definition) is 0. The Morgan fingerprint density at radius 3 is 2.79 bits per heavy atom. The molecule has 0 aromatic carbocycles. The number of carbonyl (C=O) groups is 1. The Morgan fingerprint density at radius 1 is 1.57 bits per heavy atom. The van der Waals surface area contributed by atoms with Crippen molar-refractivity contribution >= 4 is 5.91 Å². The highest BCUT2D eigenvalue weighted by Crippen LogP contribution is 2.18. The van der Waals surface area contributed by atoms with Crippen LogP contribution in [0.1, 0.15) is 46.5 Å². The van der Waals surface area contributed by atoms with E-state index < -0.39 is 0 Å². The molecular weight excluding hydrogens is 174 g/mol. The maximum Gasteiger partial charge on any atom is 0.222 e. The zero-order chi connectivity index (χ0) is 10.6. The van der Waals surface area contributed by atoms with E-state index in [1.54, 1.807) is 0 Å². The molecule has 1 saturated heterocycles. The Kier molecular flexibility index (Phi) is 4.43. The number of likely N-dealkylation sites (tertiary alicyclic amines) is 1. The molecule has 0 saturated carbocycles. The summed E-state index contributed by atoms with van der Waals surface area (Å²) in [7, 11) is 0. The van der Waals surface area contributed by atoms with Crippen molar-refractivity contribution < 1.29 is 4.79 Å². The van der Waals surface area contributed by atoms with Gasteiger partial charge in [-0.05, 0) is 18.3 Å². The SMILES string of the molecule is CCCC(C)CC(=O)N1CCC(C)C1. The lowest BCUT2D eigenvalue weighted by molar-refractivity contribution is -0.131. The van der Waals surface area contributed by atoms with Gasteiger partial charge in [0.1, 0.15) is 0 Å². The standard InChI is InChI=1S/C12H23NO/c1-4-5-10(2)8-12(14)13-7-6-11(3)9-13/h10-11H,4-9H2,1-3H3. The van der Waals surface area contributed by atoms with Crippen LogP contribution in [0.15, 0.2) is 0 Å². The van der Waals surface area contributed by atoms with Gasteiger partial charge < -0.3 is 4.90 Å². The lowest BCUT2D eigenvalue weighted by Crippen LogP contribution is -2.29. The van der Waals surface area contributed by atoms with E-state index in [9.17, 15) is 4.79 Å². The largest absolute Gasteiger partial charge is 0.342 e. The fourth-order valence-electron chi connectivity index (χ4n) is 2.18. The van der Waals surface area contributed by atoms with Crippen molar-refractivity contribution in [3.63, 3.8) is 0 Å². The van der Waals surface area contributed by atoms with Gasteiger partial charge in [-0.15, -0.1) is 0 Å². The van der Waals surface area contributed by atoms with Crippen LogP contribution < -0.4 is 0 Å². The van der Waals surface area contributed by atoms with E-state index in [4.69, 9.17) is 0 Å². The number of hydrogen-bond acceptors (Lipinski definition) is 1. The molecule has 0 aromatic rings. The molecule has 1 aliphatic heterocycles. The summed E-state index contributed by atoms with van der Waals surface area (Å²) in [5.74, 6) is 1.64. The van der Waals surface area contributed by atoms with E-state index in [-0.39, 0.29) is 0 Å². The molecule has 2 atom stereocenters. The van der Waals surface area contributed by atoms with Crippen LogP contribution in [0.5, 0.6) is 0 Å². The van der Waals surface area contributed by atoms with Crippen molar-refractivity contribution in [3.05, 3.63) is 0 Å². The lowest BCUT2D eigenvalue weighted by Gasteiger charge is -2.18. The van der Waals surface area contributed by atoms with Gasteiger partial charge in [-0.2, -0.15) is 0 Å². The third-order valence-electron chi connectivity index (χ3n) is 3.08. The summed E-state index contributed by atoms with van der Waals surface area (Å²) in [6, 6.07) is 0. The van der Waals surface area contributed by atoms with E-state index in [2.05, 4.69) is 20.8 Å². The van der Waals surface area contributed by atoms with E-state index in [0.717, 1.165) is 19.5 Å². The molecule has 0 spiro atoms. The van der Waals surface area contributed by atoms with Crippen molar-refractivity contribution in [1.29, 1.82) is 0 Å². The third kappa shape index (κ3) is 3.32. The van der Waals surface area contributed by atoms with Gasteiger partial charge in [-0.25, -0.2) is 0 Å². The Hall–Kier alpha value is -0.530. The predicted octanol–water partition coefficient (Wildman–Crippen LogP) is 2.68. The van der Waals surface area contributed by atoms with Crippen molar-refractivity contribution in [3.8, 4) is 0 Å². The Balaban J connectivity index is 2.27. The van der Waals surface area contributed by atoms with E-state index in [0.29, 0.717) is 17.7 Å². The molecule has 1 rings (SSSR count). The van der Waals surface area contributed by atoms with Crippen LogP contribution in [-0.4, -0.2) is 23.9 Å². The highest BCUT2D eigenvalue weighted by molar-refractivity contribution is 5.76. The average Bonchev–Trinajstić information content (AvgIpc) is 2.52. The predicted molar refractivity (Wildman–Crippen MR) is 59.1 cm³/mol. The summed E-state index contributed by atoms with van der Waals surface area (Å²) in [5, 5.41) is 0. The van der Waals surface area contributed by atoms with Crippen LogP contribution in [0.3, 0.4) is 0 Å². The molecule has 1 fully saturated rings. The van der Waals surface area contributed by atoms with Gasteiger partial charge in [0.15, 0.2) is 0 Å². The summed E-state index contributed by atoms with van der Waals surface area (Å²) < 4.78 is 0. The molecule has 0 N–H and O–H groups in total. The minimum absolute atomic E-state index is 0.371. The van der Waals surface area contributed by atoms with E-state index in [1.807, 2.05) is 4.90 Å². The van der Waals surface area contributed by atoms with Crippen LogP contribution in [0.4, 0.5) is 0 Å². The average molecular weight is 197 g/mol. The third-order valence-corrected chi connectivity index (χ3v) is 3.08. The molecule has 0 radical (unpaired) electrons. The molecule has 2 heteroatoms. The van der Waals surface area contributed by atoms with Gasteiger partial charge in [0.05, 0.1) is 0 Å². The van der Waals surface area contributed by atoms with Crippen molar-refractivity contribution in [1.82, 2.24) is 4.90 Å². The number of carbonyl (C=O) groups excluding carboxylic acids is 1. The van der Waals surface area contributed by atoms with Gasteiger partial charge in [-0.1, -0.05) is 33.6 Å². The maximum atomic E-state index is 11.8. The molecule has 0 bridgehead atoms. The van der Waals surface area contributed by atoms with Gasteiger partial charge in [-0.3, -0.25) is 4.79 Å². The first-order valence-electron chi connectivity index (χ1n) is 5.91. The zero-order valence-electron chi connectivity index (χ0n) is 9.75. The molecule has 1 amide bonds. The van der Waals surface area contributed by atoms with Crippen molar-refractivity contribution in [2.45, 2.75) is 46.5 Å². The Labute approximate surface area is 87.7 Å². The zero-order valence-corrected chi connectivity index (χ0v) is 9.75. The summed E-state index contributed by atoms with van der Waals surface area (Å²) in [6.45, 7) is 8.55. The molecule has 82 valence electrons. The van der Waals surface area contributed by atoms with Crippen LogP contribution in [-0.2, 0) is 4.79 Å². The molecule has 2 unspecified atom stereocenters. The monoisotopic (exact) mass is 197 g/mol. The van der Waals surface area contributed by atoms with Crippen LogP contribution in [0.2, 0.25) is 0 Å². The maximum absolute atomic E-state index is 11.8. The number of nitrogens with zero attached hydrogens (tertiary/aromatic N) is 1. The summed E-state index contributed by atoms with van der Waals surface area (Å²) in [5.41, 5.74) is 0. The first-order valence-corrected chi connectivity index (χ1v) is 5.91. The topological polar surface area (TPSA) is 20.3 Å². The molecular formula is C12H23NO. The normalized spacial score (nSPS) is 23.9. The second-order valence-corrected chi connectivity index (χ2v) is 4.83. The quantitative estimate of drug-likeness (QED) is 0.678. The molecule has 14 heavy (non-hydrogen) atoms. The van der Waals surface area contributed by atoms with Crippen molar-refractivity contribution in [2.24, 2.45) is 11.8 Å². The highest BCUT2D eigenvalue weighted by Gasteiger charge is 2.23. The Morgan fingerprint density at radius 2 is 2.29 bits per heavy atom. The Bertz CT molecular complexity index is 191. The van der Waals surface area contributed by atoms with Crippen LogP contribution in [0.25, 0.3) is 0 Å².